The standard InChI is InChI=1S/C29H34INO3/c1-20-16-27(33-18-22-10-6-4-7-11-22)28(30)21(2)25(20)17-24-14-15-26(34-19-32-3)29(31-24)23-12-8-5-9-13-23/h4,6-7,10-11,14-16,23H,5,8-9,12-13,17-19H2,1-3H3. The van der Waals surface area contributed by atoms with Crippen molar-refractivity contribution in [3.05, 3.63) is 85.7 Å². The molecule has 0 atom stereocenters. The Balaban J connectivity index is 1.57. The molecule has 5 heteroatoms. The Morgan fingerprint density at radius 3 is 2.44 bits per heavy atom. The summed E-state index contributed by atoms with van der Waals surface area (Å²) in [6.07, 6.45) is 7.02. The highest BCUT2D eigenvalue weighted by Crippen LogP contribution is 2.37. The summed E-state index contributed by atoms with van der Waals surface area (Å²) in [6, 6.07) is 16.7. The molecule has 2 aromatic carbocycles. The van der Waals surface area contributed by atoms with E-state index in [0.29, 0.717) is 12.5 Å². The number of aryl methyl sites for hydroxylation is 1. The van der Waals surface area contributed by atoms with Gasteiger partial charge in [0.25, 0.3) is 0 Å². The smallest absolute Gasteiger partial charge is 0.188 e. The summed E-state index contributed by atoms with van der Waals surface area (Å²) in [6.45, 7) is 5.19. The largest absolute Gasteiger partial charge is 0.488 e. The second kappa shape index (κ2) is 12.0. The van der Waals surface area contributed by atoms with E-state index in [1.165, 1.54) is 57.9 Å². The van der Waals surface area contributed by atoms with Gasteiger partial charge in [-0.2, -0.15) is 0 Å². The lowest BCUT2D eigenvalue weighted by Crippen LogP contribution is -2.12. The number of halogens is 1. The second-order valence-electron chi connectivity index (χ2n) is 9.13. The number of hydrogen-bond donors (Lipinski definition) is 0. The van der Waals surface area contributed by atoms with Crippen LogP contribution in [-0.4, -0.2) is 18.9 Å². The Kier molecular flexibility index (Phi) is 8.84. The van der Waals surface area contributed by atoms with E-state index < -0.39 is 0 Å². The Labute approximate surface area is 217 Å². The Hall–Kier alpha value is -2.12. The van der Waals surface area contributed by atoms with Gasteiger partial charge in [0.2, 0.25) is 0 Å². The van der Waals surface area contributed by atoms with Crippen molar-refractivity contribution in [3.8, 4) is 11.5 Å². The molecule has 1 heterocycles. The average Bonchev–Trinajstić information content (AvgIpc) is 2.88. The Morgan fingerprint density at radius 2 is 1.71 bits per heavy atom. The highest BCUT2D eigenvalue weighted by molar-refractivity contribution is 14.1. The van der Waals surface area contributed by atoms with E-state index in [1.54, 1.807) is 7.11 Å². The molecule has 4 nitrogen and oxygen atoms in total. The van der Waals surface area contributed by atoms with Gasteiger partial charge in [0.05, 0.1) is 9.26 Å². The number of pyridine rings is 1. The van der Waals surface area contributed by atoms with Crippen molar-refractivity contribution >= 4 is 22.6 Å². The van der Waals surface area contributed by atoms with Gasteiger partial charge in [0, 0.05) is 25.1 Å². The van der Waals surface area contributed by atoms with Gasteiger partial charge in [-0.25, -0.2) is 0 Å². The van der Waals surface area contributed by atoms with Crippen molar-refractivity contribution in [1.29, 1.82) is 0 Å². The maximum absolute atomic E-state index is 6.19. The van der Waals surface area contributed by atoms with E-state index in [0.717, 1.165) is 29.3 Å². The lowest BCUT2D eigenvalue weighted by Gasteiger charge is -2.24. The fourth-order valence-electron chi connectivity index (χ4n) is 4.77. The van der Waals surface area contributed by atoms with Gasteiger partial charge in [-0.05, 0) is 89.7 Å². The molecule has 34 heavy (non-hydrogen) atoms. The monoisotopic (exact) mass is 571 g/mol. The summed E-state index contributed by atoms with van der Waals surface area (Å²) >= 11 is 2.42. The molecule has 0 aliphatic heterocycles. The molecule has 0 unspecified atom stereocenters. The average molecular weight is 571 g/mol. The number of ether oxygens (including phenoxy) is 3. The predicted molar refractivity (Wildman–Crippen MR) is 145 cm³/mol. The quantitative estimate of drug-likeness (QED) is 0.197. The third-order valence-electron chi connectivity index (χ3n) is 6.68. The fourth-order valence-corrected chi connectivity index (χ4v) is 5.41. The number of aromatic nitrogens is 1. The molecule has 0 saturated heterocycles. The molecule has 1 saturated carbocycles. The van der Waals surface area contributed by atoms with Crippen LogP contribution in [0.2, 0.25) is 0 Å². The summed E-state index contributed by atoms with van der Waals surface area (Å²) in [7, 11) is 1.66. The molecule has 1 aliphatic rings. The fraction of sp³-hybridized carbons (Fsp3) is 0.414. The van der Waals surface area contributed by atoms with Crippen LogP contribution in [0.4, 0.5) is 0 Å². The minimum Gasteiger partial charge on any atom is -0.488 e. The maximum atomic E-state index is 6.19. The summed E-state index contributed by atoms with van der Waals surface area (Å²) < 4.78 is 18.4. The molecular formula is C29H34INO3. The molecule has 4 rings (SSSR count). The van der Waals surface area contributed by atoms with Crippen LogP contribution in [-0.2, 0) is 17.8 Å². The van der Waals surface area contributed by atoms with E-state index >= 15 is 0 Å². The van der Waals surface area contributed by atoms with Crippen molar-refractivity contribution < 1.29 is 14.2 Å². The topological polar surface area (TPSA) is 40.6 Å². The van der Waals surface area contributed by atoms with E-state index in [2.05, 4.69) is 66.8 Å². The van der Waals surface area contributed by atoms with Crippen LogP contribution in [0, 0.1) is 17.4 Å². The summed E-state index contributed by atoms with van der Waals surface area (Å²) in [5, 5.41) is 0. The Bertz CT molecular complexity index is 1090. The van der Waals surface area contributed by atoms with Gasteiger partial charge in [-0.1, -0.05) is 49.6 Å². The first-order valence-electron chi connectivity index (χ1n) is 12.1. The molecule has 180 valence electrons. The van der Waals surface area contributed by atoms with Crippen LogP contribution >= 0.6 is 22.6 Å². The van der Waals surface area contributed by atoms with Crippen LogP contribution in [0.25, 0.3) is 0 Å². The molecule has 1 fully saturated rings. The van der Waals surface area contributed by atoms with Crippen LogP contribution in [0.1, 0.15) is 71.7 Å². The van der Waals surface area contributed by atoms with Gasteiger partial charge >= 0.3 is 0 Å². The number of nitrogens with zero attached hydrogens (tertiary/aromatic N) is 1. The first-order chi connectivity index (χ1) is 16.6. The van der Waals surface area contributed by atoms with Crippen molar-refractivity contribution in [2.75, 3.05) is 13.9 Å². The zero-order valence-electron chi connectivity index (χ0n) is 20.4. The molecule has 1 aliphatic carbocycles. The van der Waals surface area contributed by atoms with Crippen LogP contribution < -0.4 is 9.47 Å². The summed E-state index contributed by atoms with van der Waals surface area (Å²) in [4.78, 5) is 5.14. The van der Waals surface area contributed by atoms with Crippen molar-refractivity contribution in [1.82, 2.24) is 4.98 Å². The minimum atomic E-state index is 0.252. The predicted octanol–water partition coefficient (Wildman–Crippen LogP) is 7.50. The zero-order valence-corrected chi connectivity index (χ0v) is 22.6. The number of benzene rings is 2. The van der Waals surface area contributed by atoms with Crippen LogP contribution in [0.15, 0.2) is 48.5 Å². The normalized spacial score (nSPS) is 14.2. The molecular weight excluding hydrogens is 537 g/mol. The van der Waals surface area contributed by atoms with Gasteiger partial charge in [0.1, 0.15) is 18.1 Å². The highest BCUT2D eigenvalue weighted by atomic mass is 127. The maximum Gasteiger partial charge on any atom is 0.188 e. The number of rotatable bonds is 9. The molecule has 0 bridgehead atoms. The number of hydrogen-bond acceptors (Lipinski definition) is 4. The van der Waals surface area contributed by atoms with Gasteiger partial charge in [-0.3, -0.25) is 4.98 Å². The lowest BCUT2D eigenvalue weighted by atomic mass is 9.86. The zero-order chi connectivity index (χ0) is 23.9. The molecule has 0 radical (unpaired) electrons. The third-order valence-corrected chi connectivity index (χ3v) is 8.03. The molecule has 1 aromatic heterocycles. The molecule has 0 N–H and O–H groups in total. The first-order valence-corrected chi connectivity index (χ1v) is 13.2. The molecule has 0 spiro atoms. The first kappa shape index (κ1) is 25.0. The van der Waals surface area contributed by atoms with E-state index in [4.69, 9.17) is 19.2 Å². The van der Waals surface area contributed by atoms with Crippen molar-refractivity contribution in [2.45, 2.75) is 64.9 Å². The van der Waals surface area contributed by atoms with E-state index in [-0.39, 0.29) is 6.79 Å². The Morgan fingerprint density at radius 1 is 0.941 bits per heavy atom. The number of methoxy groups -OCH3 is 1. The van der Waals surface area contributed by atoms with Gasteiger partial charge in [-0.15, -0.1) is 0 Å². The van der Waals surface area contributed by atoms with Crippen LogP contribution in [0.3, 0.4) is 0 Å². The van der Waals surface area contributed by atoms with E-state index in [1.807, 2.05) is 18.2 Å². The highest BCUT2D eigenvalue weighted by Gasteiger charge is 2.22. The minimum absolute atomic E-state index is 0.252. The van der Waals surface area contributed by atoms with Crippen molar-refractivity contribution in [2.24, 2.45) is 0 Å². The molecule has 0 amide bonds. The van der Waals surface area contributed by atoms with E-state index in [9.17, 15) is 0 Å². The second-order valence-corrected chi connectivity index (χ2v) is 10.2. The van der Waals surface area contributed by atoms with Gasteiger partial charge in [0.15, 0.2) is 6.79 Å². The third kappa shape index (κ3) is 6.11. The van der Waals surface area contributed by atoms with Gasteiger partial charge < -0.3 is 14.2 Å². The summed E-state index contributed by atoms with van der Waals surface area (Å²) in [5.41, 5.74) is 7.19. The SMILES string of the molecule is COCOc1ccc(Cc2c(C)cc(OCc3ccccc3)c(I)c2C)nc1C1CCCCC1. The lowest BCUT2D eigenvalue weighted by molar-refractivity contribution is 0.0496. The van der Waals surface area contributed by atoms with Crippen LogP contribution in [0.5, 0.6) is 11.5 Å². The molecule has 3 aromatic rings. The summed E-state index contributed by atoms with van der Waals surface area (Å²) in [5.74, 6) is 2.28. The van der Waals surface area contributed by atoms with Crippen molar-refractivity contribution in [3.63, 3.8) is 0 Å².